The molecule has 0 spiro atoms. The summed E-state index contributed by atoms with van der Waals surface area (Å²) in [6.07, 6.45) is 0.129. The second kappa shape index (κ2) is 7.65. The topological polar surface area (TPSA) is 80.2 Å². The van der Waals surface area contributed by atoms with Gasteiger partial charge >= 0.3 is 0 Å². The Morgan fingerprint density at radius 2 is 1.88 bits per heavy atom. The number of carbonyl (C=O) groups is 3. The first-order valence-corrected chi connectivity index (χ1v) is 10.5. The molecule has 32 heavy (non-hydrogen) atoms. The molecule has 0 unspecified atom stereocenters. The van der Waals surface area contributed by atoms with Crippen molar-refractivity contribution in [2.24, 2.45) is 0 Å². The number of benzene rings is 1. The standard InChI is InChI=1S/C22H21ClF3N3O3/c1-11-16(18(30)20(32)28-21(2)9-22(25,26)10-21)15-4-3-7-29(15)17(11)19(31)27-12-5-6-14(24)13(23)8-12/h5-6,8H,3-4,7,9-10H2,1-2H3,(H,27,31)(H,28,32). The Morgan fingerprint density at radius 1 is 1.19 bits per heavy atom. The van der Waals surface area contributed by atoms with Crippen molar-refractivity contribution in [2.75, 3.05) is 5.32 Å². The van der Waals surface area contributed by atoms with Crippen LogP contribution in [0.2, 0.25) is 5.02 Å². The van der Waals surface area contributed by atoms with Gasteiger partial charge in [0.2, 0.25) is 0 Å². The van der Waals surface area contributed by atoms with Crippen molar-refractivity contribution in [3.63, 3.8) is 0 Å². The van der Waals surface area contributed by atoms with E-state index in [9.17, 15) is 27.6 Å². The number of amides is 2. The highest BCUT2D eigenvalue weighted by molar-refractivity contribution is 6.44. The van der Waals surface area contributed by atoms with Crippen molar-refractivity contribution in [1.82, 2.24) is 9.88 Å². The lowest BCUT2D eigenvalue weighted by Gasteiger charge is -2.45. The molecule has 2 aliphatic rings. The maximum atomic E-state index is 13.4. The summed E-state index contributed by atoms with van der Waals surface area (Å²) in [4.78, 5) is 38.6. The number of hydrogen-bond donors (Lipinski definition) is 2. The summed E-state index contributed by atoms with van der Waals surface area (Å²) in [6.45, 7) is 3.53. The minimum Gasteiger partial charge on any atom is -0.344 e. The lowest BCUT2D eigenvalue weighted by atomic mass is 9.75. The van der Waals surface area contributed by atoms with Crippen molar-refractivity contribution in [3.05, 3.63) is 51.6 Å². The molecule has 1 aliphatic heterocycles. The van der Waals surface area contributed by atoms with Crippen LogP contribution in [0.25, 0.3) is 0 Å². The van der Waals surface area contributed by atoms with Crippen LogP contribution < -0.4 is 10.6 Å². The van der Waals surface area contributed by atoms with E-state index in [1.54, 1.807) is 11.5 Å². The molecule has 0 bridgehead atoms. The lowest BCUT2D eigenvalue weighted by molar-refractivity contribution is -0.140. The van der Waals surface area contributed by atoms with Crippen LogP contribution in [0.1, 0.15) is 58.3 Å². The first kappa shape index (κ1) is 22.4. The predicted octanol–water partition coefficient (Wildman–Crippen LogP) is 4.27. The van der Waals surface area contributed by atoms with Crippen molar-refractivity contribution >= 4 is 34.9 Å². The van der Waals surface area contributed by atoms with Crippen molar-refractivity contribution in [2.45, 2.75) is 57.5 Å². The third kappa shape index (κ3) is 3.90. The van der Waals surface area contributed by atoms with Crippen molar-refractivity contribution in [1.29, 1.82) is 0 Å². The molecule has 1 aromatic carbocycles. The van der Waals surface area contributed by atoms with Crippen LogP contribution in [0, 0.1) is 12.7 Å². The number of halogens is 4. The predicted molar refractivity (Wildman–Crippen MR) is 112 cm³/mol. The van der Waals surface area contributed by atoms with Crippen molar-refractivity contribution < 1.29 is 27.6 Å². The van der Waals surface area contributed by atoms with Gasteiger partial charge in [0.05, 0.1) is 10.6 Å². The van der Waals surface area contributed by atoms with Crippen LogP contribution in [-0.2, 0) is 17.8 Å². The van der Waals surface area contributed by atoms with Crippen LogP contribution in [0.4, 0.5) is 18.9 Å². The third-order valence-corrected chi connectivity index (χ3v) is 6.24. The Labute approximate surface area is 187 Å². The fourth-order valence-corrected chi connectivity index (χ4v) is 4.88. The summed E-state index contributed by atoms with van der Waals surface area (Å²) in [5, 5.41) is 4.91. The monoisotopic (exact) mass is 467 g/mol. The van der Waals surface area contributed by atoms with Crippen LogP contribution in [0.3, 0.4) is 0 Å². The Kier molecular flexibility index (Phi) is 5.35. The van der Waals surface area contributed by atoms with Gasteiger partial charge in [0.15, 0.2) is 0 Å². The molecule has 2 heterocycles. The molecule has 0 atom stereocenters. The molecule has 0 saturated heterocycles. The van der Waals surface area contributed by atoms with E-state index in [0.29, 0.717) is 30.6 Å². The van der Waals surface area contributed by atoms with E-state index in [0.717, 1.165) is 6.07 Å². The SMILES string of the molecule is Cc1c(C(=O)C(=O)NC2(C)CC(F)(F)C2)c2n(c1C(=O)Nc1ccc(F)c(Cl)c1)CCC2. The molecule has 170 valence electrons. The fraction of sp³-hybridized carbons (Fsp3) is 0.409. The number of nitrogens with one attached hydrogen (secondary N) is 2. The number of fused-ring (bicyclic) bond motifs is 1. The number of carbonyl (C=O) groups excluding carboxylic acids is 3. The summed E-state index contributed by atoms with van der Waals surface area (Å²) in [5.74, 6) is -5.83. The summed E-state index contributed by atoms with van der Waals surface area (Å²) in [7, 11) is 0. The van der Waals surface area contributed by atoms with Gasteiger partial charge < -0.3 is 15.2 Å². The van der Waals surface area contributed by atoms with Crippen LogP contribution in [-0.4, -0.2) is 33.6 Å². The van der Waals surface area contributed by atoms with Gasteiger partial charge in [0, 0.05) is 36.3 Å². The van der Waals surface area contributed by atoms with Crippen LogP contribution in [0.5, 0.6) is 0 Å². The Morgan fingerprint density at radius 3 is 2.50 bits per heavy atom. The molecule has 1 aromatic heterocycles. The van der Waals surface area contributed by atoms with Gasteiger partial charge in [-0.1, -0.05) is 11.6 Å². The van der Waals surface area contributed by atoms with Gasteiger partial charge in [0.1, 0.15) is 11.5 Å². The van der Waals surface area contributed by atoms with E-state index in [-0.39, 0.29) is 22.0 Å². The number of alkyl halides is 2. The second-order valence-corrected chi connectivity index (χ2v) is 9.09. The minimum absolute atomic E-state index is 0.122. The quantitative estimate of drug-likeness (QED) is 0.509. The highest BCUT2D eigenvalue weighted by atomic mass is 35.5. The molecule has 10 heteroatoms. The van der Waals surface area contributed by atoms with E-state index in [1.165, 1.54) is 19.1 Å². The Balaban J connectivity index is 1.60. The average molecular weight is 468 g/mol. The van der Waals surface area contributed by atoms with Crippen LogP contribution >= 0.6 is 11.6 Å². The molecule has 6 nitrogen and oxygen atoms in total. The van der Waals surface area contributed by atoms with E-state index in [4.69, 9.17) is 11.6 Å². The maximum absolute atomic E-state index is 13.4. The number of rotatable bonds is 5. The summed E-state index contributed by atoms with van der Waals surface area (Å²) in [5.41, 5.74) is 0.365. The number of ketones is 1. The molecule has 1 saturated carbocycles. The van der Waals surface area contributed by atoms with Gasteiger partial charge in [-0.05, 0) is 50.5 Å². The number of anilines is 1. The molecule has 2 amide bonds. The van der Waals surface area contributed by atoms with Gasteiger partial charge in [-0.25, -0.2) is 13.2 Å². The second-order valence-electron chi connectivity index (χ2n) is 8.69. The van der Waals surface area contributed by atoms with Gasteiger partial charge in [-0.3, -0.25) is 14.4 Å². The van der Waals surface area contributed by atoms with Gasteiger partial charge in [-0.15, -0.1) is 0 Å². The number of nitrogens with zero attached hydrogens (tertiary/aromatic N) is 1. The molecule has 2 aromatic rings. The highest BCUT2D eigenvalue weighted by Gasteiger charge is 2.55. The van der Waals surface area contributed by atoms with Crippen molar-refractivity contribution in [3.8, 4) is 0 Å². The first-order chi connectivity index (χ1) is 14.9. The van der Waals surface area contributed by atoms with E-state index in [2.05, 4.69) is 10.6 Å². The van der Waals surface area contributed by atoms with E-state index in [1.807, 2.05) is 0 Å². The van der Waals surface area contributed by atoms with E-state index < -0.39 is 47.7 Å². The minimum atomic E-state index is -2.85. The number of Topliss-reactive ketones (excluding diaryl/α,β-unsaturated/α-hetero) is 1. The Bertz CT molecular complexity index is 1150. The molecule has 2 N–H and O–H groups in total. The summed E-state index contributed by atoms with van der Waals surface area (Å²) >= 11 is 5.77. The summed E-state index contributed by atoms with van der Waals surface area (Å²) in [6, 6.07) is 3.75. The smallest absolute Gasteiger partial charge is 0.292 e. The number of aromatic nitrogens is 1. The molecular formula is C22H21ClF3N3O3. The zero-order chi connectivity index (χ0) is 23.4. The molecular weight excluding hydrogens is 447 g/mol. The average Bonchev–Trinajstić information content (AvgIpc) is 3.21. The fourth-order valence-electron chi connectivity index (χ4n) is 4.70. The lowest BCUT2D eigenvalue weighted by Crippen LogP contribution is -2.61. The molecule has 0 radical (unpaired) electrons. The largest absolute Gasteiger partial charge is 0.344 e. The van der Waals surface area contributed by atoms with Gasteiger partial charge in [-0.2, -0.15) is 0 Å². The maximum Gasteiger partial charge on any atom is 0.292 e. The highest BCUT2D eigenvalue weighted by Crippen LogP contribution is 2.45. The van der Waals surface area contributed by atoms with Crippen LogP contribution in [0.15, 0.2) is 18.2 Å². The number of hydrogen-bond acceptors (Lipinski definition) is 3. The Hall–Kier alpha value is -2.81. The first-order valence-electron chi connectivity index (χ1n) is 10.1. The normalized spacial score (nSPS) is 17.9. The molecule has 1 fully saturated rings. The summed E-state index contributed by atoms with van der Waals surface area (Å²) < 4.78 is 41.6. The molecule has 1 aliphatic carbocycles. The zero-order valence-corrected chi connectivity index (χ0v) is 18.2. The van der Waals surface area contributed by atoms with Gasteiger partial charge in [0.25, 0.3) is 23.5 Å². The zero-order valence-electron chi connectivity index (χ0n) is 17.5. The van der Waals surface area contributed by atoms with E-state index >= 15 is 0 Å². The molecule has 4 rings (SSSR count). The third-order valence-electron chi connectivity index (χ3n) is 5.95.